The zero-order valence-electron chi connectivity index (χ0n) is 13.5. The molecule has 8 heteroatoms. The van der Waals surface area contributed by atoms with Gasteiger partial charge in [0.05, 0.1) is 17.5 Å². The first-order valence-corrected chi connectivity index (χ1v) is 8.14. The van der Waals surface area contributed by atoms with Gasteiger partial charge in [-0.3, -0.25) is 19.3 Å². The Hall–Kier alpha value is -2.38. The van der Waals surface area contributed by atoms with Crippen molar-refractivity contribution in [1.29, 1.82) is 0 Å². The summed E-state index contributed by atoms with van der Waals surface area (Å²) in [6, 6.07) is 0.392. The zero-order chi connectivity index (χ0) is 18.3. The second kappa shape index (κ2) is 6.50. The van der Waals surface area contributed by atoms with E-state index in [1.54, 1.807) is 0 Å². The van der Waals surface area contributed by atoms with Gasteiger partial charge >= 0.3 is 0 Å². The van der Waals surface area contributed by atoms with E-state index in [1.807, 2.05) is 0 Å². The summed E-state index contributed by atoms with van der Waals surface area (Å²) in [7, 11) is 0. The number of anilines is 1. The fourth-order valence-electron chi connectivity index (χ4n) is 3.55. The van der Waals surface area contributed by atoms with Gasteiger partial charge in [0.1, 0.15) is 6.04 Å². The van der Waals surface area contributed by atoms with E-state index < -0.39 is 58.7 Å². The highest BCUT2D eigenvalue weighted by molar-refractivity contribution is 6.09. The molecule has 1 N–H and O–H groups in total. The Morgan fingerprint density at radius 1 is 1.08 bits per heavy atom. The number of nitrogens with zero attached hydrogens (tertiary/aromatic N) is 1. The average Bonchev–Trinajstić information content (AvgIpc) is 2.86. The lowest BCUT2D eigenvalue weighted by Gasteiger charge is -2.22. The third-order valence-corrected chi connectivity index (χ3v) is 4.94. The van der Waals surface area contributed by atoms with Gasteiger partial charge in [-0.15, -0.1) is 0 Å². The number of hydrogen-bond donors (Lipinski definition) is 1. The van der Waals surface area contributed by atoms with E-state index in [-0.39, 0.29) is 0 Å². The van der Waals surface area contributed by atoms with Crippen LogP contribution in [0.1, 0.15) is 32.6 Å². The quantitative estimate of drug-likeness (QED) is 0.670. The van der Waals surface area contributed by atoms with Crippen LogP contribution in [-0.4, -0.2) is 28.7 Å². The van der Waals surface area contributed by atoms with Crippen LogP contribution in [0.2, 0.25) is 0 Å². The molecule has 1 aliphatic heterocycles. The molecule has 25 heavy (non-hydrogen) atoms. The molecule has 2 aliphatic rings. The van der Waals surface area contributed by atoms with E-state index >= 15 is 0 Å². The van der Waals surface area contributed by atoms with Crippen molar-refractivity contribution in [3.63, 3.8) is 0 Å². The number of carbonyl (C=O) groups is 3. The van der Waals surface area contributed by atoms with Crippen LogP contribution in [0, 0.1) is 29.3 Å². The Labute approximate surface area is 142 Å². The molecule has 1 aromatic carbocycles. The molecule has 134 valence electrons. The lowest BCUT2D eigenvalue weighted by Crippen LogP contribution is -2.46. The maximum Gasteiger partial charge on any atom is 0.247 e. The predicted octanol–water partition coefficient (Wildman–Crippen LogP) is 2.61. The SMILES string of the molecule is CC(C(=O)Nc1ccc(F)c(F)c1F)N1C(=O)C2CCCCC2C1=O. The summed E-state index contributed by atoms with van der Waals surface area (Å²) < 4.78 is 39.9. The largest absolute Gasteiger partial charge is 0.322 e. The van der Waals surface area contributed by atoms with Gasteiger partial charge in [-0.05, 0) is 31.9 Å². The molecule has 1 aromatic rings. The summed E-state index contributed by atoms with van der Waals surface area (Å²) in [5.41, 5.74) is -0.549. The van der Waals surface area contributed by atoms with Crippen molar-refractivity contribution in [2.75, 3.05) is 5.32 Å². The van der Waals surface area contributed by atoms with Gasteiger partial charge in [0, 0.05) is 0 Å². The van der Waals surface area contributed by atoms with E-state index in [0.29, 0.717) is 18.9 Å². The van der Waals surface area contributed by atoms with E-state index in [9.17, 15) is 27.6 Å². The first kappa shape index (κ1) is 17.4. The van der Waals surface area contributed by atoms with Crippen LogP contribution in [0.3, 0.4) is 0 Å². The second-order valence-electron chi connectivity index (χ2n) is 6.43. The van der Waals surface area contributed by atoms with Gasteiger partial charge in [0.25, 0.3) is 0 Å². The molecule has 3 amide bonds. The molecule has 2 fully saturated rings. The van der Waals surface area contributed by atoms with Crippen LogP contribution in [0.15, 0.2) is 12.1 Å². The first-order chi connectivity index (χ1) is 11.8. The highest BCUT2D eigenvalue weighted by Crippen LogP contribution is 2.39. The summed E-state index contributed by atoms with van der Waals surface area (Å²) in [5.74, 6) is -7.07. The van der Waals surface area contributed by atoms with Crippen molar-refractivity contribution in [1.82, 2.24) is 4.90 Å². The third kappa shape index (κ3) is 2.89. The van der Waals surface area contributed by atoms with E-state index in [4.69, 9.17) is 0 Å². The molecule has 1 heterocycles. The highest BCUT2D eigenvalue weighted by atomic mass is 19.2. The minimum atomic E-state index is -1.70. The monoisotopic (exact) mass is 354 g/mol. The molecular weight excluding hydrogens is 337 g/mol. The summed E-state index contributed by atoms with van der Waals surface area (Å²) in [6.45, 7) is 1.35. The maximum atomic E-state index is 13.7. The molecule has 0 aromatic heterocycles. The Morgan fingerprint density at radius 3 is 2.20 bits per heavy atom. The van der Waals surface area contributed by atoms with Crippen LogP contribution in [-0.2, 0) is 14.4 Å². The third-order valence-electron chi connectivity index (χ3n) is 4.94. The minimum absolute atomic E-state index is 0.400. The normalized spacial score (nSPS) is 24.2. The van der Waals surface area contributed by atoms with Crippen molar-refractivity contribution in [3.8, 4) is 0 Å². The Balaban J connectivity index is 1.78. The number of nitrogens with one attached hydrogen (secondary N) is 1. The van der Waals surface area contributed by atoms with Crippen molar-refractivity contribution in [2.45, 2.75) is 38.6 Å². The lowest BCUT2D eigenvalue weighted by molar-refractivity contribution is -0.146. The van der Waals surface area contributed by atoms with Crippen molar-refractivity contribution >= 4 is 23.4 Å². The Bertz CT molecular complexity index is 729. The Morgan fingerprint density at radius 2 is 1.64 bits per heavy atom. The fourth-order valence-corrected chi connectivity index (χ4v) is 3.55. The van der Waals surface area contributed by atoms with Crippen LogP contribution in [0.4, 0.5) is 18.9 Å². The molecular formula is C17H17F3N2O3. The van der Waals surface area contributed by atoms with Gasteiger partial charge in [-0.25, -0.2) is 13.2 Å². The molecule has 0 radical (unpaired) electrons. The summed E-state index contributed by atoms with van der Waals surface area (Å²) in [5, 5.41) is 2.11. The molecule has 1 saturated carbocycles. The number of hydrogen-bond acceptors (Lipinski definition) is 3. The number of rotatable bonds is 3. The molecule has 3 rings (SSSR count). The van der Waals surface area contributed by atoms with Gasteiger partial charge in [0.2, 0.25) is 17.7 Å². The van der Waals surface area contributed by atoms with Gasteiger partial charge in [-0.1, -0.05) is 12.8 Å². The molecule has 3 unspecified atom stereocenters. The van der Waals surface area contributed by atoms with Crippen LogP contribution >= 0.6 is 0 Å². The number of imide groups is 1. The van der Waals surface area contributed by atoms with Crippen molar-refractivity contribution in [3.05, 3.63) is 29.6 Å². The molecule has 1 saturated heterocycles. The number of amides is 3. The first-order valence-electron chi connectivity index (χ1n) is 8.14. The summed E-state index contributed by atoms with van der Waals surface area (Å²) in [4.78, 5) is 38.1. The summed E-state index contributed by atoms with van der Waals surface area (Å²) >= 11 is 0. The second-order valence-corrected chi connectivity index (χ2v) is 6.43. The van der Waals surface area contributed by atoms with E-state index in [2.05, 4.69) is 5.32 Å². The number of fused-ring (bicyclic) bond motifs is 1. The van der Waals surface area contributed by atoms with Gasteiger partial charge in [0.15, 0.2) is 17.5 Å². The number of likely N-dealkylation sites (tertiary alicyclic amines) is 1. The van der Waals surface area contributed by atoms with E-state index in [0.717, 1.165) is 23.8 Å². The number of halogens is 3. The average molecular weight is 354 g/mol. The molecule has 1 aliphatic carbocycles. The summed E-state index contributed by atoms with van der Waals surface area (Å²) in [6.07, 6.45) is 2.93. The van der Waals surface area contributed by atoms with Crippen LogP contribution in [0.25, 0.3) is 0 Å². The topological polar surface area (TPSA) is 66.5 Å². The van der Waals surface area contributed by atoms with Crippen molar-refractivity contribution < 1.29 is 27.6 Å². The zero-order valence-corrected chi connectivity index (χ0v) is 13.5. The highest BCUT2D eigenvalue weighted by Gasteiger charge is 2.50. The molecule has 0 bridgehead atoms. The standard InChI is InChI=1S/C17H17F3N2O3/c1-8(15(23)21-12-7-6-11(18)13(19)14(12)20)22-16(24)9-4-2-3-5-10(9)17(22)25/h6-10H,2-5H2,1H3,(H,21,23). The van der Waals surface area contributed by atoms with Crippen molar-refractivity contribution in [2.24, 2.45) is 11.8 Å². The van der Waals surface area contributed by atoms with Crippen LogP contribution in [0.5, 0.6) is 0 Å². The van der Waals surface area contributed by atoms with Gasteiger partial charge in [-0.2, -0.15) is 0 Å². The smallest absolute Gasteiger partial charge is 0.247 e. The Kier molecular flexibility index (Phi) is 4.53. The fraction of sp³-hybridized carbons (Fsp3) is 0.471. The number of benzene rings is 1. The van der Waals surface area contributed by atoms with Gasteiger partial charge < -0.3 is 5.32 Å². The molecule has 0 spiro atoms. The lowest BCUT2D eigenvalue weighted by atomic mass is 9.81. The maximum absolute atomic E-state index is 13.7. The molecule has 5 nitrogen and oxygen atoms in total. The predicted molar refractivity (Wildman–Crippen MR) is 81.7 cm³/mol. The van der Waals surface area contributed by atoms with E-state index in [1.165, 1.54) is 6.92 Å². The molecule has 3 atom stereocenters. The van der Waals surface area contributed by atoms with Crippen LogP contribution < -0.4 is 5.32 Å². The number of carbonyl (C=O) groups excluding carboxylic acids is 3. The minimum Gasteiger partial charge on any atom is -0.322 e.